The van der Waals surface area contributed by atoms with Gasteiger partial charge in [0, 0.05) is 24.8 Å². The smallest absolute Gasteiger partial charge is 0.330 e. The quantitative estimate of drug-likeness (QED) is 0.826. The third-order valence-corrected chi connectivity index (χ3v) is 3.44. The van der Waals surface area contributed by atoms with E-state index in [0.29, 0.717) is 18.2 Å². The number of halogens is 6. The maximum atomic E-state index is 13.2. The molecule has 0 amide bonds. The van der Waals surface area contributed by atoms with Crippen molar-refractivity contribution in [1.29, 1.82) is 0 Å². The summed E-state index contributed by atoms with van der Waals surface area (Å²) in [5, 5.41) is 0. The standard InChI is InChI=1S/C12H11F6N/c13-7-1-2-8(12(16,17)18)9(3-7)10(6-19)4-11(14,15)5-10/h1-3H,4-6,19H2. The van der Waals surface area contributed by atoms with Gasteiger partial charge in [-0.25, -0.2) is 13.2 Å². The summed E-state index contributed by atoms with van der Waals surface area (Å²) in [6, 6.07) is 1.89. The highest BCUT2D eigenvalue weighted by Gasteiger charge is 2.58. The van der Waals surface area contributed by atoms with Crippen LogP contribution in [0.4, 0.5) is 26.3 Å². The van der Waals surface area contributed by atoms with Crippen molar-refractivity contribution < 1.29 is 26.3 Å². The molecule has 1 aromatic carbocycles. The number of hydrogen-bond acceptors (Lipinski definition) is 1. The van der Waals surface area contributed by atoms with Gasteiger partial charge in [-0.3, -0.25) is 0 Å². The lowest BCUT2D eigenvalue weighted by atomic mass is 9.61. The van der Waals surface area contributed by atoms with E-state index in [0.717, 1.165) is 0 Å². The van der Waals surface area contributed by atoms with E-state index < -0.39 is 47.3 Å². The second-order valence-electron chi connectivity index (χ2n) is 4.88. The summed E-state index contributed by atoms with van der Waals surface area (Å²) in [6.07, 6.45) is -6.30. The molecule has 0 aromatic heterocycles. The van der Waals surface area contributed by atoms with Crippen LogP contribution in [0.25, 0.3) is 0 Å². The lowest BCUT2D eigenvalue weighted by Gasteiger charge is -2.48. The Kier molecular flexibility index (Phi) is 3.08. The molecule has 0 spiro atoms. The molecular weight excluding hydrogens is 272 g/mol. The molecule has 1 fully saturated rings. The molecule has 1 nitrogen and oxygen atoms in total. The first-order chi connectivity index (χ1) is 8.60. The zero-order valence-corrected chi connectivity index (χ0v) is 9.70. The van der Waals surface area contributed by atoms with Gasteiger partial charge in [-0.15, -0.1) is 0 Å². The van der Waals surface area contributed by atoms with Crippen LogP contribution >= 0.6 is 0 Å². The summed E-state index contributed by atoms with van der Waals surface area (Å²) in [5.41, 5.74) is 2.28. The van der Waals surface area contributed by atoms with Gasteiger partial charge >= 0.3 is 6.18 Å². The fourth-order valence-corrected chi connectivity index (χ4v) is 2.59. The average molecular weight is 283 g/mol. The van der Waals surface area contributed by atoms with E-state index in [1.54, 1.807) is 0 Å². The minimum atomic E-state index is -4.73. The van der Waals surface area contributed by atoms with Gasteiger partial charge in [0.1, 0.15) is 5.82 Å². The van der Waals surface area contributed by atoms with Crippen LogP contribution in [-0.2, 0) is 11.6 Å². The van der Waals surface area contributed by atoms with Gasteiger partial charge < -0.3 is 5.73 Å². The highest BCUT2D eigenvalue weighted by atomic mass is 19.4. The van der Waals surface area contributed by atoms with Crippen molar-refractivity contribution in [3.63, 3.8) is 0 Å². The van der Waals surface area contributed by atoms with Gasteiger partial charge in [-0.05, 0) is 23.8 Å². The topological polar surface area (TPSA) is 26.0 Å². The summed E-state index contributed by atoms with van der Waals surface area (Å²) in [5.74, 6) is -3.94. The zero-order chi connectivity index (χ0) is 14.5. The Labute approximate surface area is 105 Å². The maximum Gasteiger partial charge on any atom is 0.416 e. The molecule has 7 heteroatoms. The van der Waals surface area contributed by atoms with E-state index >= 15 is 0 Å². The molecule has 19 heavy (non-hydrogen) atoms. The second kappa shape index (κ2) is 4.13. The summed E-state index contributed by atoms with van der Waals surface area (Å²) < 4.78 is 77.7. The van der Waals surface area contributed by atoms with Crippen LogP contribution in [0.1, 0.15) is 24.0 Å². The number of alkyl halides is 5. The summed E-state index contributed by atoms with van der Waals surface area (Å²) in [6.45, 7) is -0.380. The Morgan fingerprint density at radius 3 is 2.16 bits per heavy atom. The number of nitrogens with two attached hydrogens (primary N) is 1. The van der Waals surface area contributed by atoms with Crippen molar-refractivity contribution in [2.24, 2.45) is 5.73 Å². The third-order valence-electron chi connectivity index (χ3n) is 3.44. The highest BCUT2D eigenvalue weighted by molar-refractivity contribution is 5.40. The van der Waals surface area contributed by atoms with Crippen LogP contribution in [0.2, 0.25) is 0 Å². The first kappa shape index (κ1) is 14.2. The Balaban J connectivity index is 2.52. The van der Waals surface area contributed by atoms with E-state index in [-0.39, 0.29) is 6.54 Å². The van der Waals surface area contributed by atoms with Crippen LogP contribution in [-0.4, -0.2) is 12.5 Å². The fraction of sp³-hybridized carbons (Fsp3) is 0.500. The van der Waals surface area contributed by atoms with Crippen molar-refractivity contribution in [3.8, 4) is 0 Å². The first-order valence-corrected chi connectivity index (χ1v) is 5.55. The molecule has 0 unspecified atom stereocenters. The number of benzene rings is 1. The zero-order valence-electron chi connectivity index (χ0n) is 9.70. The van der Waals surface area contributed by atoms with Crippen molar-refractivity contribution in [2.75, 3.05) is 6.54 Å². The molecule has 0 atom stereocenters. The van der Waals surface area contributed by atoms with E-state index in [4.69, 9.17) is 5.73 Å². The number of hydrogen-bond donors (Lipinski definition) is 1. The maximum absolute atomic E-state index is 13.2. The summed E-state index contributed by atoms with van der Waals surface area (Å²) in [7, 11) is 0. The van der Waals surface area contributed by atoms with E-state index in [2.05, 4.69) is 0 Å². The Hall–Kier alpha value is -1.24. The molecule has 106 valence electrons. The van der Waals surface area contributed by atoms with Crippen molar-refractivity contribution in [2.45, 2.75) is 30.4 Å². The third kappa shape index (κ3) is 2.43. The summed E-state index contributed by atoms with van der Waals surface area (Å²) in [4.78, 5) is 0. The largest absolute Gasteiger partial charge is 0.416 e. The molecule has 0 bridgehead atoms. The molecule has 2 rings (SSSR count). The van der Waals surface area contributed by atoms with Crippen molar-refractivity contribution in [1.82, 2.24) is 0 Å². The Morgan fingerprint density at radius 1 is 1.16 bits per heavy atom. The lowest BCUT2D eigenvalue weighted by molar-refractivity contribution is -0.147. The second-order valence-corrected chi connectivity index (χ2v) is 4.88. The predicted octanol–water partition coefficient (Wildman–Crippen LogP) is 3.47. The minimum absolute atomic E-state index is 0.380. The van der Waals surface area contributed by atoms with E-state index in [1.165, 1.54) is 0 Å². The minimum Gasteiger partial charge on any atom is -0.330 e. The van der Waals surface area contributed by atoms with Gasteiger partial charge in [-0.1, -0.05) is 0 Å². The molecule has 1 aromatic rings. The fourth-order valence-electron chi connectivity index (χ4n) is 2.59. The molecule has 0 saturated heterocycles. The normalized spacial score (nSPS) is 21.0. The Morgan fingerprint density at radius 2 is 1.74 bits per heavy atom. The van der Waals surface area contributed by atoms with Gasteiger partial charge in [0.25, 0.3) is 0 Å². The SMILES string of the molecule is NCC1(c2cc(F)ccc2C(F)(F)F)CC(F)(F)C1. The Bertz CT molecular complexity index is 485. The van der Waals surface area contributed by atoms with Gasteiger partial charge in [0.05, 0.1) is 5.56 Å². The lowest BCUT2D eigenvalue weighted by Crippen LogP contribution is -2.54. The molecule has 1 saturated carbocycles. The monoisotopic (exact) mass is 283 g/mol. The van der Waals surface area contributed by atoms with Crippen LogP contribution in [0.15, 0.2) is 18.2 Å². The van der Waals surface area contributed by atoms with Crippen molar-refractivity contribution >= 4 is 0 Å². The molecule has 2 N–H and O–H groups in total. The molecule has 0 radical (unpaired) electrons. The molecule has 1 aliphatic carbocycles. The predicted molar refractivity (Wildman–Crippen MR) is 56.3 cm³/mol. The van der Waals surface area contributed by atoms with Crippen LogP contribution in [0, 0.1) is 5.82 Å². The van der Waals surface area contributed by atoms with E-state index in [9.17, 15) is 26.3 Å². The number of rotatable bonds is 2. The molecule has 1 aliphatic rings. The first-order valence-electron chi connectivity index (χ1n) is 5.55. The van der Waals surface area contributed by atoms with Crippen LogP contribution < -0.4 is 5.73 Å². The molecule has 0 aliphatic heterocycles. The van der Waals surface area contributed by atoms with Gasteiger partial charge in [0.15, 0.2) is 0 Å². The summed E-state index contributed by atoms with van der Waals surface area (Å²) >= 11 is 0. The van der Waals surface area contributed by atoms with Crippen molar-refractivity contribution in [3.05, 3.63) is 35.1 Å². The van der Waals surface area contributed by atoms with Crippen LogP contribution in [0.5, 0.6) is 0 Å². The molecular formula is C12H11F6N. The van der Waals surface area contributed by atoms with Gasteiger partial charge in [0.2, 0.25) is 5.92 Å². The van der Waals surface area contributed by atoms with Gasteiger partial charge in [-0.2, -0.15) is 13.2 Å². The average Bonchev–Trinajstić information content (AvgIpc) is 2.23. The molecule has 0 heterocycles. The highest BCUT2D eigenvalue weighted by Crippen LogP contribution is 2.55. The van der Waals surface area contributed by atoms with E-state index in [1.807, 2.05) is 0 Å². The van der Waals surface area contributed by atoms with Crippen LogP contribution in [0.3, 0.4) is 0 Å².